The van der Waals surface area contributed by atoms with Crippen LogP contribution < -0.4 is 20.1 Å². The first-order chi connectivity index (χ1) is 12.5. The van der Waals surface area contributed by atoms with Crippen molar-refractivity contribution in [2.75, 3.05) is 24.9 Å². The maximum atomic E-state index is 5.51. The number of ether oxygens (including phenoxy) is 2. The number of anilines is 2. The standard InChI is InChI=1S/C22H26N2O2/c1-21-11-17(15-9-13(25-3)5-7-19(15)23-21)18-12-22(21,2)24-20-8-6-14(26-4)10-16(18)20/h5-10,17-18,23-24H,11-12H2,1-4H3. The molecule has 5 rings (SSSR count). The summed E-state index contributed by atoms with van der Waals surface area (Å²) in [6.45, 7) is 4.73. The van der Waals surface area contributed by atoms with E-state index in [0.717, 1.165) is 24.3 Å². The van der Waals surface area contributed by atoms with Gasteiger partial charge in [0, 0.05) is 11.4 Å². The molecule has 4 bridgehead atoms. The molecule has 0 saturated heterocycles. The molecule has 136 valence electrons. The second-order valence-corrected chi connectivity index (χ2v) is 8.44. The number of benzene rings is 2. The molecule has 0 spiro atoms. The Morgan fingerprint density at radius 2 is 1.19 bits per heavy atom. The Morgan fingerprint density at radius 3 is 1.58 bits per heavy atom. The average Bonchev–Trinajstić information content (AvgIpc) is 2.65. The van der Waals surface area contributed by atoms with Crippen LogP contribution in [0, 0.1) is 0 Å². The Kier molecular flexibility index (Phi) is 3.10. The topological polar surface area (TPSA) is 42.5 Å². The summed E-state index contributed by atoms with van der Waals surface area (Å²) >= 11 is 0. The van der Waals surface area contributed by atoms with Gasteiger partial charge in [0.15, 0.2) is 0 Å². The third kappa shape index (κ3) is 1.96. The Balaban J connectivity index is 1.71. The molecule has 2 aromatic rings. The maximum Gasteiger partial charge on any atom is 0.119 e. The fourth-order valence-corrected chi connectivity index (χ4v) is 5.42. The molecule has 4 atom stereocenters. The molecule has 2 heterocycles. The predicted octanol–water partition coefficient (Wildman–Crippen LogP) is 4.73. The first-order valence-electron chi connectivity index (χ1n) is 9.39. The number of nitrogens with one attached hydrogen (secondary N) is 2. The van der Waals surface area contributed by atoms with Gasteiger partial charge in [-0.05, 0) is 86.1 Å². The summed E-state index contributed by atoms with van der Waals surface area (Å²) < 4.78 is 11.0. The summed E-state index contributed by atoms with van der Waals surface area (Å²) in [7, 11) is 3.48. The van der Waals surface area contributed by atoms with E-state index < -0.39 is 0 Å². The van der Waals surface area contributed by atoms with E-state index >= 15 is 0 Å². The van der Waals surface area contributed by atoms with Gasteiger partial charge in [-0.1, -0.05) is 0 Å². The normalized spacial score (nSPS) is 33.2. The molecule has 4 unspecified atom stereocenters. The van der Waals surface area contributed by atoms with Crippen molar-refractivity contribution in [2.24, 2.45) is 0 Å². The fraction of sp³-hybridized carbons (Fsp3) is 0.455. The van der Waals surface area contributed by atoms with E-state index in [4.69, 9.17) is 9.47 Å². The molecule has 26 heavy (non-hydrogen) atoms. The Morgan fingerprint density at radius 1 is 0.769 bits per heavy atom. The zero-order valence-corrected chi connectivity index (χ0v) is 15.8. The van der Waals surface area contributed by atoms with Crippen LogP contribution >= 0.6 is 0 Å². The van der Waals surface area contributed by atoms with E-state index in [1.165, 1.54) is 22.5 Å². The van der Waals surface area contributed by atoms with Crippen molar-refractivity contribution in [1.82, 2.24) is 0 Å². The van der Waals surface area contributed by atoms with Gasteiger partial charge in [0.05, 0.1) is 25.3 Å². The lowest BCUT2D eigenvalue weighted by Gasteiger charge is -2.61. The van der Waals surface area contributed by atoms with Crippen LogP contribution in [0.25, 0.3) is 0 Å². The van der Waals surface area contributed by atoms with E-state index in [1.54, 1.807) is 14.2 Å². The summed E-state index contributed by atoms with van der Waals surface area (Å²) in [4.78, 5) is 0. The summed E-state index contributed by atoms with van der Waals surface area (Å²) in [6, 6.07) is 12.9. The molecule has 4 nitrogen and oxygen atoms in total. The van der Waals surface area contributed by atoms with E-state index in [0.29, 0.717) is 11.8 Å². The van der Waals surface area contributed by atoms with Gasteiger partial charge in [-0.3, -0.25) is 0 Å². The second kappa shape index (κ2) is 5.09. The van der Waals surface area contributed by atoms with Crippen LogP contribution in [-0.4, -0.2) is 25.3 Å². The lowest BCUT2D eigenvalue weighted by molar-refractivity contribution is 0.164. The van der Waals surface area contributed by atoms with Crippen molar-refractivity contribution in [2.45, 2.75) is 49.6 Å². The molecule has 0 amide bonds. The molecule has 0 radical (unpaired) electrons. The van der Waals surface area contributed by atoms with E-state index in [1.807, 2.05) is 0 Å². The lowest BCUT2D eigenvalue weighted by atomic mass is 9.54. The number of fused-ring (bicyclic) bond motifs is 10. The van der Waals surface area contributed by atoms with Gasteiger partial charge in [0.25, 0.3) is 0 Å². The first kappa shape index (κ1) is 15.9. The predicted molar refractivity (Wildman–Crippen MR) is 105 cm³/mol. The lowest BCUT2D eigenvalue weighted by Crippen LogP contribution is -2.67. The van der Waals surface area contributed by atoms with Crippen molar-refractivity contribution in [3.63, 3.8) is 0 Å². The number of rotatable bonds is 2. The zero-order chi connectivity index (χ0) is 18.1. The molecular weight excluding hydrogens is 324 g/mol. The first-order valence-corrected chi connectivity index (χ1v) is 9.39. The minimum absolute atomic E-state index is 0.00731. The molecular formula is C22H26N2O2. The van der Waals surface area contributed by atoms with Gasteiger partial charge in [-0.25, -0.2) is 0 Å². The van der Waals surface area contributed by atoms with Gasteiger partial charge >= 0.3 is 0 Å². The largest absolute Gasteiger partial charge is 0.497 e. The number of methoxy groups -OCH3 is 2. The average molecular weight is 350 g/mol. The van der Waals surface area contributed by atoms with Crippen molar-refractivity contribution >= 4 is 11.4 Å². The molecule has 3 aliphatic rings. The summed E-state index contributed by atoms with van der Waals surface area (Å²) in [6.07, 6.45) is 2.22. The van der Waals surface area contributed by atoms with Gasteiger partial charge in [0.2, 0.25) is 0 Å². The van der Waals surface area contributed by atoms with Crippen LogP contribution in [0.3, 0.4) is 0 Å². The van der Waals surface area contributed by atoms with E-state index in [2.05, 4.69) is 60.9 Å². The highest BCUT2D eigenvalue weighted by atomic mass is 16.5. The molecule has 2 aromatic carbocycles. The highest BCUT2D eigenvalue weighted by Gasteiger charge is 2.58. The summed E-state index contributed by atoms with van der Waals surface area (Å²) in [5, 5.41) is 7.73. The van der Waals surface area contributed by atoms with Crippen LogP contribution in [0.1, 0.15) is 49.7 Å². The van der Waals surface area contributed by atoms with Crippen LogP contribution in [0.2, 0.25) is 0 Å². The molecule has 1 fully saturated rings. The van der Waals surface area contributed by atoms with Crippen molar-refractivity contribution in [3.8, 4) is 11.5 Å². The fourth-order valence-electron chi connectivity index (χ4n) is 5.42. The minimum Gasteiger partial charge on any atom is -0.497 e. The number of hydrogen-bond acceptors (Lipinski definition) is 4. The van der Waals surface area contributed by atoms with Gasteiger partial charge in [-0.2, -0.15) is 0 Å². The smallest absolute Gasteiger partial charge is 0.119 e. The molecule has 1 aliphatic carbocycles. The van der Waals surface area contributed by atoms with Gasteiger partial charge in [-0.15, -0.1) is 0 Å². The third-order valence-electron chi connectivity index (χ3n) is 7.10. The molecule has 0 aromatic heterocycles. The van der Waals surface area contributed by atoms with Crippen molar-refractivity contribution in [3.05, 3.63) is 47.5 Å². The molecule has 2 N–H and O–H groups in total. The maximum absolute atomic E-state index is 5.51. The van der Waals surface area contributed by atoms with E-state index in [-0.39, 0.29) is 11.1 Å². The molecule has 1 saturated carbocycles. The summed E-state index contributed by atoms with van der Waals surface area (Å²) in [5.74, 6) is 2.82. The second-order valence-electron chi connectivity index (χ2n) is 8.44. The van der Waals surface area contributed by atoms with Crippen molar-refractivity contribution in [1.29, 1.82) is 0 Å². The minimum atomic E-state index is 0.00731. The van der Waals surface area contributed by atoms with Crippen LogP contribution in [0.4, 0.5) is 11.4 Å². The monoisotopic (exact) mass is 350 g/mol. The highest BCUT2D eigenvalue weighted by Crippen LogP contribution is 2.61. The number of hydrogen-bond donors (Lipinski definition) is 2. The van der Waals surface area contributed by atoms with Gasteiger partial charge in [0.1, 0.15) is 11.5 Å². The van der Waals surface area contributed by atoms with E-state index in [9.17, 15) is 0 Å². The zero-order valence-electron chi connectivity index (χ0n) is 15.8. The third-order valence-corrected chi connectivity index (χ3v) is 7.10. The highest BCUT2D eigenvalue weighted by molar-refractivity contribution is 5.68. The van der Waals surface area contributed by atoms with Crippen LogP contribution in [0.5, 0.6) is 11.5 Å². The quantitative estimate of drug-likeness (QED) is 0.821. The SMILES string of the molecule is COc1ccc2c(c1)C1CC(C)(N2)C2(C)CC1c1cc(OC)ccc1N2. The Bertz CT molecular complexity index is 822. The Labute approximate surface area is 154 Å². The summed E-state index contributed by atoms with van der Waals surface area (Å²) in [5.41, 5.74) is 5.26. The van der Waals surface area contributed by atoms with Crippen LogP contribution in [0.15, 0.2) is 36.4 Å². The van der Waals surface area contributed by atoms with Crippen LogP contribution in [-0.2, 0) is 0 Å². The molecule has 4 heteroatoms. The Hall–Kier alpha value is -2.36. The van der Waals surface area contributed by atoms with Gasteiger partial charge < -0.3 is 20.1 Å². The van der Waals surface area contributed by atoms with Crippen molar-refractivity contribution < 1.29 is 9.47 Å². The molecule has 2 aliphatic heterocycles.